The van der Waals surface area contributed by atoms with Crippen molar-refractivity contribution < 1.29 is 67.4 Å². The quantitative estimate of drug-likeness (QED) is 0.0245. The SMILES string of the molecule is COc1ccc(C2(C)CCCc3nc(SCc4c(F)cccc4Cl)n(-c4ccc(F)cc4)c32)cc1C.COc1ccc(C2(C)CCCc3nc(SCc4c(F)cccc4F)n(-c4ccc(F)cc4)c32)cc1C.COc1ccc(C2(C)CCCc3nc(SCc4c(F)cccc4[N+](=O)[O-])n(-c4ccc(F)cc4)c32)cc1C.Cc1cc(F)c(CSc2nc3c(n2-c2ccc(F)cc2)C(C)(c2ccc(F)c(C)c2)CCC3)c(F)c1. The van der Waals surface area contributed by atoms with Gasteiger partial charge in [0.1, 0.15) is 81.2 Å². The van der Waals surface area contributed by atoms with Crippen LogP contribution in [0.3, 0.4) is 0 Å². The van der Waals surface area contributed by atoms with Crippen molar-refractivity contribution in [3.63, 3.8) is 0 Å². The molecule has 0 N–H and O–H groups in total. The predicted molar refractivity (Wildman–Crippen MR) is 556 cm³/mol. The zero-order valence-electron chi connectivity index (χ0n) is 82.6. The molecule has 30 heteroatoms. The Balaban J connectivity index is 0.000000133. The molecular formula is C116H107ClF11N9O5S4. The first kappa shape index (κ1) is 105. The Hall–Kier alpha value is -12.8. The molecule has 20 rings (SSSR count). The second kappa shape index (κ2) is 44.1. The van der Waals surface area contributed by atoms with E-state index in [1.807, 2.05) is 64.8 Å². The highest BCUT2D eigenvalue weighted by molar-refractivity contribution is 7.99. The minimum Gasteiger partial charge on any atom is -0.496 e. The van der Waals surface area contributed by atoms with Crippen LogP contribution >= 0.6 is 58.6 Å². The van der Waals surface area contributed by atoms with Crippen LogP contribution in [0.5, 0.6) is 17.2 Å². The van der Waals surface area contributed by atoms with Gasteiger partial charge in [0.2, 0.25) is 0 Å². The summed E-state index contributed by atoms with van der Waals surface area (Å²) in [4.78, 5) is 30.9. The van der Waals surface area contributed by atoms with Gasteiger partial charge in [-0.3, -0.25) is 28.4 Å². The highest BCUT2D eigenvalue weighted by Crippen LogP contribution is 2.53. The number of hydrogen-bond acceptors (Lipinski definition) is 13. The molecule has 0 bridgehead atoms. The summed E-state index contributed by atoms with van der Waals surface area (Å²) in [6.07, 6.45) is 10.5. The first-order chi connectivity index (χ1) is 70.0. The Labute approximate surface area is 863 Å². The fourth-order valence-electron chi connectivity index (χ4n) is 20.7. The number of nitrogens with zero attached hydrogens (tertiary/aromatic N) is 9. The molecule has 4 aromatic heterocycles. The molecule has 0 aliphatic heterocycles. The highest BCUT2D eigenvalue weighted by atomic mass is 35.5. The molecule has 0 fully saturated rings. The minimum atomic E-state index is -0.630. The number of halogens is 12. The summed E-state index contributed by atoms with van der Waals surface area (Å²) in [6, 6.07) is 64.1. The van der Waals surface area contributed by atoms with Crippen LogP contribution in [0.2, 0.25) is 5.02 Å². The first-order valence-corrected chi connectivity index (χ1v) is 52.3. The second-order valence-electron chi connectivity index (χ2n) is 38.0. The number of methoxy groups -OCH3 is 3. The fourth-order valence-corrected chi connectivity index (χ4v) is 25.3. The topological polar surface area (TPSA) is 142 Å². The molecule has 0 saturated carbocycles. The summed E-state index contributed by atoms with van der Waals surface area (Å²) in [6.45, 7) is 18.2. The number of hydrogen-bond donors (Lipinski definition) is 0. The lowest BCUT2D eigenvalue weighted by Crippen LogP contribution is -2.31. The summed E-state index contributed by atoms with van der Waals surface area (Å²) in [5, 5.41) is 14.5. The number of rotatable bonds is 24. The zero-order valence-corrected chi connectivity index (χ0v) is 86.6. The lowest BCUT2D eigenvalue weighted by atomic mass is 9.71. The van der Waals surface area contributed by atoms with Crippen molar-refractivity contribution in [1.82, 2.24) is 38.2 Å². The van der Waals surface area contributed by atoms with Crippen molar-refractivity contribution in [3.05, 3.63) is 434 Å². The summed E-state index contributed by atoms with van der Waals surface area (Å²) in [7, 11) is 4.99. The molecule has 16 aromatic rings. The van der Waals surface area contributed by atoms with E-state index in [-0.39, 0.29) is 85.4 Å². The maximum Gasteiger partial charge on any atom is 0.276 e. The zero-order chi connectivity index (χ0) is 104. The number of ether oxygens (including phenoxy) is 3. The molecule has 146 heavy (non-hydrogen) atoms. The maximum atomic E-state index is 14.7. The molecule has 14 nitrogen and oxygen atoms in total. The summed E-state index contributed by atoms with van der Waals surface area (Å²) < 4.78 is 181. The van der Waals surface area contributed by atoms with Crippen molar-refractivity contribution >= 4 is 64.3 Å². The standard InChI is InChI=1S/C29H27ClF2N2OS.C29H26F4N2S.C29H27F3N2OS.C29H27F2N3O3S/c1-18-16-19(9-14-26(18)35-3)29(2)15-5-8-25-27(29)34(21-12-10-20(31)11-13-21)28(33-25)36-17-22-23(30)6-4-7-24(22)32;1-17-13-24(32)22(25(33)14-17)16-36-28-34-26-5-4-12-29(3,19-6-11-23(31)18(2)15-19)27(26)35(28)21-9-7-20(30)8-10-21;1-18-16-19(9-14-26(18)35-3)29(2)15-5-8-25-27(29)34(21-12-10-20(30)11-13-21)28(33-25)36-17-22-23(31)6-4-7-24(22)32;1-18-16-19(9-14-26(18)37-3)29(2)15-5-7-24-27(29)33(21-12-10-20(30)11-13-21)28(32-24)38-17-22-23(31)6-4-8-25(22)34(35)36/h4,6-7,9-14,16H,5,8,15,17H2,1-3H3;6-11,13-15H,4-5,12,16H2,1-3H3;4,6-7,9-14,16H,5,8,15,17H2,1-3H3;4,6,8-14,16H,5,7,15,17H2,1-3H3. The van der Waals surface area contributed by atoms with Gasteiger partial charge in [-0.1, -0.05) is 125 Å². The highest BCUT2D eigenvalue weighted by Gasteiger charge is 2.46. The van der Waals surface area contributed by atoms with Crippen LogP contribution in [0.1, 0.15) is 197 Å². The molecule has 4 atom stereocenters. The number of nitro groups is 1. The molecule has 4 aliphatic carbocycles. The third-order valence-corrected chi connectivity index (χ3v) is 32.7. The van der Waals surface area contributed by atoms with Crippen LogP contribution in [-0.2, 0) is 70.4 Å². The van der Waals surface area contributed by atoms with Crippen molar-refractivity contribution in [2.24, 2.45) is 0 Å². The Bertz CT molecular complexity index is 7230. The van der Waals surface area contributed by atoms with Gasteiger partial charge < -0.3 is 14.2 Å². The Kier molecular flexibility index (Phi) is 31.6. The van der Waals surface area contributed by atoms with Gasteiger partial charge in [-0.25, -0.2) is 68.2 Å². The number of thioether (sulfide) groups is 4. The lowest BCUT2D eigenvalue weighted by molar-refractivity contribution is -0.385. The molecule has 0 saturated heterocycles. The van der Waals surface area contributed by atoms with E-state index in [4.69, 9.17) is 45.7 Å². The van der Waals surface area contributed by atoms with Gasteiger partial charge in [0.25, 0.3) is 5.69 Å². The monoisotopic (exact) mass is 2080 g/mol. The van der Waals surface area contributed by atoms with E-state index in [2.05, 4.69) is 68.7 Å². The fraction of sp³-hybridized carbons (Fsp3) is 0.276. The van der Waals surface area contributed by atoms with E-state index in [9.17, 15) is 58.4 Å². The van der Waals surface area contributed by atoms with E-state index in [1.54, 1.807) is 95.8 Å². The smallest absolute Gasteiger partial charge is 0.276 e. The van der Waals surface area contributed by atoms with Gasteiger partial charge in [-0.2, -0.15) is 0 Å². The van der Waals surface area contributed by atoms with Crippen molar-refractivity contribution in [1.29, 1.82) is 0 Å². The Morgan fingerprint density at radius 1 is 0.329 bits per heavy atom. The summed E-state index contributed by atoms with van der Waals surface area (Å²) in [5.41, 5.74) is 18.1. The van der Waals surface area contributed by atoms with Crippen molar-refractivity contribution in [3.8, 4) is 40.0 Å². The molecule has 12 aromatic carbocycles. The number of aryl methyl sites for hydroxylation is 9. The molecule has 4 heterocycles. The first-order valence-electron chi connectivity index (χ1n) is 48.0. The third kappa shape index (κ3) is 21.3. The van der Waals surface area contributed by atoms with Crippen molar-refractivity contribution in [2.45, 2.75) is 205 Å². The number of fused-ring (bicyclic) bond motifs is 4. The van der Waals surface area contributed by atoms with Gasteiger partial charge in [0, 0.05) is 95.2 Å². The van der Waals surface area contributed by atoms with E-state index in [1.165, 1.54) is 162 Å². The lowest BCUT2D eigenvalue weighted by Gasteiger charge is -2.36. The average Bonchev–Trinajstić information content (AvgIpc) is 1.58. The van der Waals surface area contributed by atoms with Crippen LogP contribution in [0, 0.1) is 109 Å². The number of nitro benzene ring substituents is 1. The third-order valence-electron chi connectivity index (χ3n) is 28.4. The molecule has 0 spiro atoms. The van der Waals surface area contributed by atoms with Gasteiger partial charge in [-0.05, 0) is 353 Å². The van der Waals surface area contributed by atoms with E-state index < -0.39 is 44.8 Å². The van der Waals surface area contributed by atoms with Crippen LogP contribution in [0.25, 0.3) is 22.7 Å². The number of benzene rings is 12. The van der Waals surface area contributed by atoms with E-state index in [0.717, 1.165) is 195 Å². The summed E-state index contributed by atoms with van der Waals surface area (Å²) >= 11 is 11.5. The van der Waals surface area contributed by atoms with Gasteiger partial charge in [0.05, 0.1) is 77.4 Å². The van der Waals surface area contributed by atoms with Crippen LogP contribution in [0.15, 0.2) is 257 Å². The van der Waals surface area contributed by atoms with Crippen LogP contribution < -0.4 is 14.2 Å². The molecule has 0 radical (unpaired) electrons. The normalized spacial score (nSPS) is 17.1. The minimum absolute atomic E-state index is 0.00542. The van der Waals surface area contributed by atoms with Gasteiger partial charge in [-0.15, -0.1) is 0 Å². The Morgan fingerprint density at radius 2 is 0.596 bits per heavy atom. The predicted octanol–water partition coefficient (Wildman–Crippen LogP) is 30.9. The Morgan fingerprint density at radius 3 is 0.890 bits per heavy atom. The number of imidazole rings is 4. The van der Waals surface area contributed by atoms with Crippen LogP contribution in [-0.4, -0.2) is 64.5 Å². The largest absolute Gasteiger partial charge is 0.496 e. The second-order valence-corrected chi connectivity index (χ2v) is 42.2. The molecule has 4 unspecified atom stereocenters. The number of aromatic nitrogens is 8. The maximum absolute atomic E-state index is 14.7. The van der Waals surface area contributed by atoms with Crippen LogP contribution in [0.4, 0.5) is 54.0 Å². The summed E-state index contributed by atoms with van der Waals surface area (Å²) in [5.74, 6) is -1.90. The average molecular weight is 2080 g/mol. The molecule has 754 valence electrons. The van der Waals surface area contributed by atoms with Crippen molar-refractivity contribution in [2.75, 3.05) is 21.3 Å². The van der Waals surface area contributed by atoms with E-state index in [0.29, 0.717) is 48.6 Å². The van der Waals surface area contributed by atoms with Gasteiger partial charge in [0.15, 0.2) is 20.6 Å². The molecule has 4 aliphatic rings. The van der Waals surface area contributed by atoms with E-state index >= 15 is 0 Å². The molecule has 0 amide bonds. The molecular weight excluding hydrogens is 1970 g/mol. The van der Waals surface area contributed by atoms with Gasteiger partial charge >= 0.3 is 0 Å².